The number of hydrogen-bond donors (Lipinski definition) is 0. The van der Waals surface area contributed by atoms with Gasteiger partial charge in [0.2, 0.25) is 0 Å². The van der Waals surface area contributed by atoms with E-state index in [9.17, 15) is 0 Å². The van der Waals surface area contributed by atoms with Crippen LogP contribution in [0.3, 0.4) is 0 Å². The van der Waals surface area contributed by atoms with Crippen molar-refractivity contribution in [3.63, 3.8) is 0 Å². The molecule has 0 spiro atoms. The summed E-state index contributed by atoms with van der Waals surface area (Å²) in [5.41, 5.74) is 5.62. The van der Waals surface area contributed by atoms with E-state index < -0.39 is 0 Å². The van der Waals surface area contributed by atoms with Gasteiger partial charge in [-0.05, 0) is 53.5 Å². The third kappa shape index (κ3) is 3.35. The van der Waals surface area contributed by atoms with E-state index in [1.54, 1.807) is 0 Å². The van der Waals surface area contributed by atoms with Crippen LogP contribution < -0.4 is 4.90 Å². The van der Waals surface area contributed by atoms with Gasteiger partial charge in [-0.2, -0.15) is 0 Å². The lowest BCUT2D eigenvalue weighted by Crippen LogP contribution is -2.29. The number of hydrogen-bond acceptors (Lipinski definition) is 1. The van der Waals surface area contributed by atoms with E-state index in [2.05, 4.69) is 74.2 Å². The van der Waals surface area contributed by atoms with Crippen LogP contribution in [0.2, 0.25) is 0 Å². The second-order valence-corrected chi connectivity index (χ2v) is 7.43. The van der Waals surface area contributed by atoms with Crippen molar-refractivity contribution in [3.05, 3.63) is 54.1 Å². The molecule has 0 aromatic heterocycles. The van der Waals surface area contributed by atoms with Crippen LogP contribution in [0, 0.1) is 0 Å². The van der Waals surface area contributed by atoms with E-state index in [0.717, 1.165) is 0 Å². The van der Waals surface area contributed by atoms with Crippen LogP contribution in [-0.4, -0.2) is 13.1 Å². The third-order valence-electron chi connectivity index (χ3n) is 4.63. The fraction of sp³-hybridized carbons (Fsp3) is 0.429. The Labute approximate surface area is 135 Å². The Hall–Kier alpha value is -1.76. The number of rotatable bonds is 2. The van der Waals surface area contributed by atoms with Crippen LogP contribution in [0.5, 0.6) is 0 Å². The SMILES string of the molecule is CC(C)(C)c1cccc(-c2cccc(N3CCCCC3)c2)c1. The van der Waals surface area contributed by atoms with E-state index in [4.69, 9.17) is 0 Å². The van der Waals surface area contributed by atoms with Gasteiger partial charge >= 0.3 is 0 Å². The molecular weight excluding hydrogens is 266 g/mol. The maximum Gasteiger partial charge on any atom is 0.0372 e. The van der Waals surface area contributed by atoms with E-state index in [0.29, 0.717) is 0 Å². The van der Waals surface area contributed by atoms with Crippen molar-refractivity contribution in [2.24, 2.45) is 0 Å². The van der Waals surface area contributed by atoms with E-state index in [1.807, 2.05) is 0 Å². The predicted molar refractivity (Wildman–Crippen MR) is 96.6 cm³/mol. The van der Waals surface area contributed by atoms with E-state index >= 15 is 0 Å². The molecule has 22 heavy (non-hydrogen) atoms. The molecule has 0 amide bonds. The highest BCUT2D eigenvalue weighted by molar-refractivity contribution is 5.69. The summed E-state index contributed by atoms with van der Waals surface area (Å²) in [6.45, 7) is 9.22. The predicted octanol–water partition coefficient (Wildman–Crippen LogP) is 5.64. The standard InChI is InChI=1S/C21H27N/c1-21(2,3)19-11-7-9-17(15-19)18-10-8-12-20(16-18)22-13-5-4-6-14-22/h7-12,15-16H,4-6,13-14H2,1-3H3. The Morgan fingerprint density at radius 1 is 0.773 bits per heavy atom. The Morgan fingerprint density at radius 3 is 2.09 bits per heavy atom. The molecule has 1 heteroatoms. The number of benzene rings is 2. The summed E-state index contributed by atoms with van der Waals surface area (Å²) in [6.07, 6.45) is 4.03. The quantitative estimate of drug-likeness (QED) is 0.692. The summed E-state index contributed by atoms with van der Waals surface area (Å²) >= 11 is 0. The molecule has 116 valence electrons. The van der Waals surface area contributed by atoms with Crippen molar-refractivity contribution < 1.29 is 0 Å². The molecule has 0 atom stereocenters. The normalized spacial score (nSPS) is 15.9. The van der Waals surface area contributed by atoms with Gasteiger partial charge in [-0.25, -0.2) is 0 Å². The summed E-state index contributed by atoms with van der Waals surface area (Å²) in [5.74, 6) is 0. The smallest absolute Gasteiger partial charge is 0.0372 e. The lowest BCUT2D eigenvalue weighted by atomic mass is 9.85. The van der Waals surface area contributed by atoms with Gasteiger partial charge in [-0.1, -0.05) is 57.2 Å². The third-order valence-corrected chi connectivity index (χ3v) is 4.63. The molecule has 0 bridgehead atoms. The highest BCUT2D eigenvalue weighted by Gasteiger charge is 2.15. The first-order valence-electron chi connectivity index (χ1n) is 8.50. The molecule has 2 aromatic carbocycles. The molecule has 1 heterocycles. The first kappa shape index (κ1) is 15.1. The number of nitrogens with zero attached hydrogens (tertiary/aromatic N) is 1. The van der Waals surface area contributed by atoms with Gasteiger partial charge in [0.25, 0.3) is 0 Å². The van der Waals surface area contributed by atoms with Crippen molar-refractivity contribution in [2.45, 2.75) is 45.4 Å². The largest absolute Gasteiger partial charge is 0.372 e. The molecule has 3 rings (SSSR count). The maximum atomic E-state index is 2.53. The van der Waals surface area contributed by atoms with Crippen LogP contribution in [0.4, 0.5) is 5.69 Å². The molecule has 1 nitrogen and oxygen atoms in total. The Bertz CT molecular complexity index is 630. The molecular formula is C21H27N. The van der Waals surface area contributed by atoms with E-state index in [-0.39, 0.29) is 5.41 Å². The van der Waals surface area contributed by atoms with Crippen LogP contribution >= 0.6 is 0 Å². The van der Waals surface area contributed by atoms with Crippen molar-refractivity contribution in [3.8, 4) is 11.1 Å². The molecule has 0 radical (unpaired) electrons. The molecule has 0 aliphatic carbocycles. The van der Waals surface area contributed by atoms with E-state index in [1.165, 1.54) is 54.7 Å². The minimum absolute atomic E-state index is 0.195. The number of anilines is 1. The highest BCUT2D eigenvalue weighted by atomic mass is 15.1. The van der Waals surface area contributed by atoms with Gasteiger partial charge in [0.05, 0.1) is 0 Å². The van der Waals surface area contributed by atoms with Gasteiger partial charge in [-0.3, -0.25) is 0 Å². The van der Waals surface area contributed by atoms with Crippen LogP contribution in [0.25, 0.3) is 11.1 Å². The second kappa shape index (κ2) is 6.16. The molecule has 1 fully saturated rings. The van der Waals surface area contributed by atoms with Gasteiger partial charge in [0.15, 0.2) is 0 Å². The summed E-state index contributed by atoms with van der Waals surface area (Å²) in [6, 6.07) is 18.0. The summed E-state index contributed by atoms with van der Waals surface area (Å²) in [4.78, 5) is 2.53. The molecule has 1 aliphatic heterocycles. The topological polar surface area (TPSA) is 3.24 Å². The highest BCUT2D eigenvalue weighted by Crippen LogP contribution is 2.30. The molecule has 0 unspecified atom stereocenters. The average Bonchev–Trinajstić information content (AvgIpc) is 2.55. The Kier molecular flexibility index (Phi) is 4.24. The summed E-state index contributed by atoms with van der Waals surface area (Å²) in [7, 11) is 0. The van der Waals surface area contributed by atoms with Crippen molar-refractivity contribution >= 4 is 5.69 Å². The Balaban J connectivity index is 1.92. The zero-order valence-corrected chi connectivity index (χ0v) is 14.1. The van der Waals surface area contributed by atoms with Gasteiger partial charge in [0, 0.05) is 18.8 Å². The zero-order valence-electron chi connectivity index (χ0n) is 14.1. The lowest BCUT2D eigenvalue weighted by molar-refractivity contribution is 0.578. The van der Waals surface area contributed by atoms with Gasteiger partial charge < -0.3 is 4.90 Å². The first-order chi connectivity index (χ1) is 10.5. The van der Waals surface area contributed by atoms with Crippen LogP contribution in [0.15, 0.2) is 48.5 Å². The molecule has 0 N–H and O–H groups in total. The monoisotopic (exact) mass is 293 g/mol. The molecule has 0 saturated carbocycles. The van der Waals surface area contributed by atoms with Crippen molar-refractivity contribution in [2.75, 3.05) is 18.0 Å². The Morgan fingerprint density at radius 2 is 1.41 bits per heavy atom. The van der Waals surface area contributed by atoms with Crippen molar-refractivity contribution in [1.82, 2.24) is 0 Å². The van der Waals surface area contributed by atoms with Crippen molar-refractivity contribution in [1.29, 1.82) is 0 Å². The van der Waals surface area contributed by atoms with Gasteiger partial charge in [-0.15, -0.1) is 0 Å². The minimum atomic E-state index is 0.195. The fourth-order valence-corrected chi connectivity index (χ4v) is 3.20. The zero-order chi connectivity index (χ0) is 15.6. The number of piperidine rings is 1. The lowest BCUT2D eigenvalue weighted by Gasteiger charge is -2.29. The minimum Gasteiger partial charge on any atom is -0.372 e. The molecule has 1 aliphatic rings. The van der Waals surface area contributed by atoms with Crippen LogP contribution in [-0.2, 0) is 5.41 Å². The molecule has 1 saturated heterocycles. The summed E-state index contributed by atoms with van der Waals surface area (Å²) in [5, 5.41) is 0. The maximum absolute atomic E-state index is 2.53. The summed E-state index contributed by atoms with van der Waals surface area (Å²) < 4.78 is 0. The second-order valence-electron chi connectivity index (χ2n) is 7.43. The average molecular weight is 293 g/mol. The van der Waals surface area contributed by atoms with Crippen LogP contribution in [0.1, 0.15) is 45.6 Å². The molecule has 2 aromatic rings. The first-order valence-corrected chi connectivity index (χ1v) is 8.50. The fourth-order valence-electron chi connectivity index (χ4n) is 3.20. The van der Waals surface area contributed by atoms with Gasteiger partial charge in [0.1, 0.15) is 0 Å².